The van der Waals surface area contributed by atoms with Gasteiger partial charge in [0.25, 0.3) is 5.69 Å². The van der Waals surface area contributed by atoms with Gasteiger partial charge in [0.15, 0.2) is 0 Å². The summed E-state index contributed by atoms with van der Waals surface area (Å²) < 4.78 is 0. The molecule has 158 valence electrons. The molecule has 1 heterocycles. The van der Waals surface area contributed by atoms with E-state index in [1.165, 1.54) is 37.7 Å². The average molecular weight is 405 g/mol. The second-order valence-corrected chi connectivity index (χ2v) is 8.80. The Balaban J connectivity index is 1.34. The van der Waals surface area contributed by atoms with Crippen LogP contribution >= 0.6 is 0 Å². The lowest BCUT2D eigenvalue weighted by Crippen LogP contribution is -2.32. The molecule has 4 rings (SSSR count). The van der Waals surface area contributed by atoms with E-state index >= 15 is 0 Å². The summed E-state index contributed by atoms with van der Waals surface area (Å²) in [7, 11) is 0. The highest BCUT2D eigenvalue weighted by molar-refractivity contribution is 5.57. The minimum absolute atomic E-state index is 0.199. The molecule has 2 aromatic rings. The van der Waals surface area contributed by atoms with Gasteiger partial charge in [-0.1, -0.05) is 73.9 Å². The van der Waals surface area contributed by atoms with Gasteiger partial charge in [-0.3, -0.25) is 15.0 Å². The second-order valence-electron chi connectivity index (χ2n) is 8.80. The van der Waals surface area contributed by atoms with E-state index in [1.54, 1.807) is 6.07 Å². The lowest BCUT2D eigenvalue weighted by molar-refractivity contribution is -0.385. The molecule has 2 aliphatic rings. The van der Waals surface area contributed by atoms with E-state index in [1.807, 2.05) is 12.1 Å². The maximum Gasteiger partial charge on any atom is 0.273 e. The summed E-state index contributed by atoms with van der Waals surface area (Å²) in [6.45, 7) is 3.11. The number of likely N-dealkylation sites (tertiary alicyclic amines) is 1. The van der Waals surface area contributed by atoms with Crippen molar-refractivity contribution in [2.45, 2.75) is 56.8 Å². The van der Waals surface area contributed by atoms with Gasteiger partial charge in [0.05, 0.1) is 4.92 Å². The van der Waals surface area contributed by atoms with Gasteiger partial charge in [-0.25, -0.2) is 0 Å². The highest BCUT2D eigenvalue weighted by Gasteiger charge is 2.24. The van der Waals surface area contributed by atoms with Crippen LogP contribution in [-0.2, 0) is 0 Å². The lowest BCUT2D eigenvalue weighted by Gasteiger charge is -2.31. The van der Waals surface area contributed by atoms with Crippen molar-refractivity contribution >= 4 is 11.8 Å². The number of hydrogen-bond acceptors (Lipinski definition) is 3. The molecule has 1 aliphatic carbocycles. The molecule has 4 heteroatoms. The molecular formula is C26H32N2O2. The standard InChI is InChI=1S/C26H32N2O2/c29-28(30)26-20-21(13-14-25(26)24-11-5-2-6-12-24)8-7-17-27-18-15-23(16-19-27)22-9-3-1-4-10-22/h1,3-4,7-10,13-14,20,23-24H,2,5-6,11-12,15-19H2/b8-7+. The Morgan fingerprint density at radius 2 is 1.67 bits per heavy atom. The smallest absolute Gasteiger partial charge is 0.273 e. The molecule has 4 nitrogen and oxygen atoms in total. The molecule has 2 fully saturated rings. The molecule has 2 aromatic carbocycles. The van der Waals surface area contributed by atoms with Crippen LogP contribution in [0.5, 0.6) is 0 Å². The van der Waals surface area contributed by atoms with E-state index in [0.29, 0.717) is 17.5 Å². The first-order valence-electron chi connectivity index (χ1n) is 11.4. The van der Waals surface area contributed by atoms with Crippen LogP contribution in [0.2, 0.25) is 0 Å². The van der Waals surface area contributed by atoms with Gasteiger partial charge in [-0.2, -0.15) is 0 Å². The van der Waals surface area contributed by atoms with E-state index < -0.39 is 0 Å². The maximum atomic E-state index is 11.7. The van der Waals surface area contributed by atoms with Crippen LogP contribution in [0.3, 0.4) is 0 Å². The molecule has 0 unspecified atom stereocenters. The van der Waals surface area contributed by atoms with Crippen LogP contribution in [0.4, 0.5) is 5.69 Å². The van der Waals surface area contributed by atoms with Gasteiger partial charge in [-0.05, 0) is 61.7 Å². The molecule has 0 radical (unpaired) electrons. The van der Waals surface area contributed by atoms with E-state index in [-0.39, 0.29) is 4.92 Å². The molecule has 1 aliphatic heterocycles. The van der Waals surface area contributed by atoms with E-state index in [2.05, 4.69) is 47.4 Å². The summed E-state index contributed by atoms with van der Waals surface area (Å²) in [6.07, 6.45) is 12.4. The number of nitro benzene ring substituents is 1. The summed E-state index contributed by atoms with van der Waals surface area (Å²) in [6, 6.07) is 16.6. The number of rotatable bonds is 6. The Morgan fingerprint density at radius 3 is 2.37 bits per heavy atom. The lowest BCUT2D eigenvalue weighted by atomic mass is 9.83. The molecule has 1 saturated heterocycles. The van der Waals surface area contributed by atoms with E-state index in [0.717, 1.165) is 43.6 Å². The topological polar surface area (TPSA) is 46.4 Å². The zero-order valence-electron chi connectivity index (χ0n) is 17.7. The molecule has 0 aromatic heterocycles. The van der Waals surface area contributed by atoms with Crippen molar-refractivity contribution in [3.63, 3.8) is 0 Å². The molecule has 0 amide bonds. The van der Waals surface area contributed by atoms with Crippen molar-refractivity contribution in [1.29, 1.82) is 0 Å². The summed E-state index contributed by atoms with van der Waals surface area (Å²) in [5.41, 5.74) is 3.62. The number of nitrogens with zero attached hydrogens (tertiary/aromatic N) is 2. The maximum absolute atomic E-state index is 11.7. The average Bonchev–Trinajstić information content (AvgIpc) is 2.80. The second kappa shape index (κ2) is 10.0. The zero-order valence-corrected chi connectivity index (χ0v) is 17.7. The van der Waals surface area contributed by atoms with E-state index in [4.69, 9.17) is 0 Å². The number of hydrogen-bond donors (Lipinski definition) is 0. The summed E-state index contributed by atoms with van der Waals surface area (Å²) in [5.74, 6) is 1.02. The molecule has 30 heavy (non-hydrogen) atoms. The van der Waals surface area contributed by atoms with Crippen LogP contribution in [0.1, 0.15) is 73.5 Å². The van der Waals surface area contributed by atoms with Crippen LogP contribution < -0.4 is 0 Å². The van der Waals surface area contributed by atoms with Gasteiger partial charge in [0.1, 0.15) is 0 Å². The Hall–Kier alpha value is -2.46. The summed E-state index contributed by atoms with van der Waals surface area (Å²) >= 11 is 0. The zero-order chi connectivity index (χ0) is 20.8. The Bertz CT molecular complexity index is 864. The first kappa shape index (κ1) is 20.8. The minimum Gasteiger partial charge on any atom is -0.300 e. The van der Waals surface area contributed by atoms with Crippen molar-refractivity contribution < 1.29 is 4.92 Å². The molecular weight excluding hydrogens is 372 g/mol. The largest absolute Gasteiger partial charge is 0.300 e. The number of benzene rings is 2. The quantitative estimate of drug-likeness (QED) is 0.406. The molecule has 1 saturated carbocycles. The Morgan fingerprint density at radius 1 is 0.933 bits per heavy atom. The third kappa shape index (κ3) is 5.17. The summed E-state index contributed by atoms with van der Waals surface area (Å²) in [4.78, 5) is 13.9. The fraction of sp³-hybridized carbons (Fsp3) is 0.462. The SMILES string of the molecule is O=[N+]([O-])c1cc(/C=C/CN2CCC(c3ccccc3)CC2)ccc1C1CCCCC1. The first-order valence-corrected chi connectivity index (χ1v) is 11.4. The fourth-order valence-corrected chi connectivity index (χ4v) is 5.09. The van der Waals surface area contributed by atoms with Crippen molar-refractivity contribution in [2.24, 2.45) is 0 Å². The van der Waals surface area contributed by atoms with Gasteiger partial charge < -0.3 is 0 Å². The van der Waals surface area contributed by atoms with Gasteiger partial charge in [0, 0.05) is 18.2 Å². The highest BCUT2D eigenvalue weighted by Crippen LogP contribution is 2.37. The molecule has 0 N–H and O–H groups in total. The normalized spacial score (nSPS) is 19.3. The molecule has 0 bridgehead atoms. The summed E-state index contributed by atoms with van der Waals surface area (Å²) in [5, 5.41) is 11.7. The van der Waals surface area contributed by atoms with Crippen molar-refractivity contribution in [3.05, 3.63) is 81.4 Å². The molecule has 0 spiro atoms. The highest BCUT2D eigenvalue weighted by atomic mass is 16.6. The van der Waals surface area contributed by atoms with Crippen LogP contribution in [-0.4, -0.2) is 29.5 Å². The van der Waals surface area contributed by atoms with Crippen LogP contribution in [0.15, 0.2) is 54.6 Å². The van der Waals surface area contributed by atoms with Gasteiger partial charge >= 0.3 is 0 Å². The van der Waals surface area contributed by atoms with Crippen molar-refractivity contribution in [2.75, 3.05) is 19.6 Å². The van der Waals surface area contributed by atoms with E-state index in [9.17, 15) is 10.1 Å². The Kier molecular flexibility index (Phi) is 6.96. The van der Waals surface area contributed by atoms with Crippen LogP contribution in [0.25, 0.3) is 6.08 Å². The van der Waals surface area contributed by atoms with Crippen molar-refractivity contribution in [1.82, 2.24) is 4.90 Å². The van der Waals surface area contributed by atoms with Crippen molar-refractivity contribution in [3.8, 4) is 0 Å². The monoisotopic (exact) mass is 404 g/mol. The van der Waals surface area contributed by atoms with Gasteiger partial charge in [0.2, 0.25) is 0 Å². The minimum atomic E-state index is -0.199. The first-order chi connectivity index (χ1) is 14.7. The van der Waals surface area contributed by atoms with Crippen LogP contribution in [0, 0.1) is 10.1 Å². The fourth-order valence-electron chi connectivity index (χ4n) is 5.09. The predicted octanol–water partition coefficient (Wildman–Crippen LogP) is 6.54. The number of nitro groups is 1. The predicted molar refractivity (Wildman–Crippen MR) is 123 cm³/mol. The third-order valence-electron chi connectivity index (χ3n) is 6.83. The Labute approximate surface area is 179 Å². The third-order valence-corrected chi connectivity index (χ3v) is 6.83. The van der Waals surface area contributed by atoms with Gasteiger partial charge in [-0.15, -0.1) is 0 Å². The molecule has 0 atom stereocenters. The number of piperidine rings is 1.